The second-order valence-corrected chi connectivity index (χ2v) is 6.35. The molecule has 2 heterocycles. The largest absolute Gasteiger partial charge is 0.549 e. The molecule has 0 radical (unpaired) electrons. The van der Waals surface area contributed by atoms with Crippen molar-refractivity contribution < 1.29 is 9.90 Å². The second-order valence-electron chi connectivity index (χ2n) is 4.99. The summed E-state index contributed by atoms with van der Waals surface area (Å²) in [6, 6.07) is 11.5. The molecule has 0 aliphatic rings. The van der Waals surface area contributed by atoms with Crippen LogP contribution in [0.1, 0.15) is 18.1 Å². The number of nitrogens with zero attached hydrogens (tertiary/aromatic N) is 3. The number of aryl methyl sites for hydroxylation is 1. The summed E-state index contributed by atoms with van der Waals surface area (Å²) in [6.45, 7) is 3.41. The van der Waals surface area contributed by atoms with E-state index in [4.69, 9.17) is 0 Å². The van der Waals surface area contributed by atoms with Gasteiger partial charge in [0.2, 0.25) is 0 Å². The van der Waals surface area contributed by atoms with E-state index in [0.717, 1.165) is 21.6 Å². The van der Waals surface area contributed by atoms with E-state index in [1.54, 1.807) is 6.92 Å². The minimum absolute atomic E-state index is 0.502. The van der Waals surface area contributed by atoms with Crippen LogP contribution in [-0.4, -0.2) is 20.6 Å². The fraction of sp³-hybridized carbons (Fsp3) is 0.188. The van der Waals surface area contributed by atoms with Crippen LogP contribution in [0.25, 0.3) is 16.7 Å². The number of thioether (sulfide) groups is 1. The molecule has 5 nitrogen and oxygen atoms in total. The van der Waals surface area contributed by atoms with E-state index >= 15 is 0 Å². The van der Waals surface area contributed by atoms with E-state index in [0.29, 0.717) is 11.2 Å². The van der Waals surface area contributed by atoms with Crippen LogP contribution in [0.3, 0.4) is 0 Å². The van der Waals surface area contributed by atoms with Gasteiger partial charge in [-0.15, -0.1) is 0 Å². The number of imidazole rings is 1. The number of aliphatic carboxylic acids is 1. The third-order valence-corrected chi connectivity index (χ3v) is 4.57. The first-order chi connectivity index (χ1) is 10.5. The minimum Gasteiger partial charge on any atom is -0.549 e. The highest BCUT2D eigenvalue weighted by atomic mass is 32.2. The number of para-hydroxylation sites is 2. The molecule has 3 aromatic rings. The molecule has 6 heteroatoms. The molecule has 0 fully saturated rings. The molecular weight excluding hydrogens is 298 g/mol. The van der Waals surface area contributed by atoms with Gasteiger partial charge in [-0.25, -0.2) is 4.98 Å². The highest BCUT2D eigenvalue weighted by Crippen LogP contribution is 2.31. The highest BCUT2D eigenvalue weighted by molar-refractivity contribution is 8.00. The summed E-state index contributed by atoms with van der Waals surface area (Å²) in [5, 5.41) is 20.5. The molecule has 0 saturated heterocycles. The molecule has 3 rings (SSSR count). The Hall–Kier alpha value is -2.52. The normalized spacial score (nSPS) is 12.4. The maximum Gasteiger partial charge on any atom is 0.157 e. The van der Waals surface area contributed by atoms with Gasteiger partial charge in [0.05, 0.1) is 27.6 Å². The lowest BCUT2D eigenvalue weighted by Crippen LogP contribution is -2.31. The topological polar surface area (TPSA) is 81.2 Å². The molecule has 0 aliphatic carbocycles. The summed E-state index contributed by atoms with van der Waals surface area (Å²) in [6.07, 6.45) is 0. The number of aromatic nitrogens is 2. The van der Waals surface area contributed by atoms with Crippen molar-refractivity contribution in [1.82, 2.24) is 9.38 Å². The number of rotatable bonds is 3. The summed E-state index contributed by atoms with van der Waals surface area (Å²) in [5.74, 6) is -1.12. The minimum atomic E-state index is -1.12. The van der Waals surface area contributed by atoms with Crippen LogP contribution < -0.4 is 5.11 Å². The van der Waals surface area contributed by atoms with Crippen LogP contribution in [0.4, 0.5) is 0 Å². The quantitative estimate of drug-likeness (QED) is 0.690. The van der Waals surface area contributed by atoms with Crippen molar-refractivity contribution in [1.29, 1.82) is 5.26 Å². The number of hydrogen-bond donors (Lipinski definition) is 0. The standard InChI is InChI=1S/C16H13N3O2S/c1-9-7-14(22-10(2)16(20)21)19-13-6-4-3-5-12(13)18-15(19)11(9)8-17/h3-7,10H,1-2H3,(H,20,21)/p-1/t10-/m0/s1. The maximum atomic E-state index is 11.0. The van der Waals surface area contributed by atoms with Crippen molar-refractivity contribution in [3.8, 4) is 6.07 Å². The van der Waals surface area contributed by atoms with Gasteiger partial charge in [0, 0.05) is 5.25 Å². The van der Waals surface area contributed by atoms with E-state index in [9.17, 15) is 15.2 Å². The number of carbonyl (C=O) groups is 1. The van der Waals surface area contributed by atoms with Gasteiger partial charge < -0.3 is 9.90 Å². The Morgan fingerprint density at radius 1 is 1.45 bits per heavy atom. The average molecular weight is 310 g/mol. The van der Waals surface area contributed by atoms with Gasteiger partial charge in [-0.1, -0.05) is 23.9 Å². The molecule has 0 aliphatic heterocycles. The lowest BCUT2D eigenvalue weighted by atomic mass is 10.2. The van der Waals surface area contributed by atoms with Gasteiger partial charge >= 0.3 is 0 Å². The number of benzene rings is 1. The third-order valence-electron chi connectivity index (χ3n) is 3.48. The number of hydrogen-bond acceptors (Lipinski definition) is 5. The Morgan fingerprint density at radius 3 is 2.86 bits per heavy atom. The third kappa shape index (κ3) is 2.20. The average Bonchev–Trinajstić information content (AvgIpc) is 2.86. The first kappa shape index (κ1) is 14.4. The van der Waals surface area contributed by atoms with E-state index in [-0.39, 0.29) is 0 Å². The van der Waals surface area contributed by atoms with E-state index < -0.39 is 11.2 Å². The molecule has 0 amide bonds. The fourth-order valence-corrected chi connectivity index (χ4v) is 3.36. The summed E-state index contributed by atoms with van der Waals surface area (Å²) in [7, 11) is 0. The number of pyridine rings is 1. The Labute approximate surface area is 131 Å². The maximum absolute atomic E-state index is 11.0. The van der Waals surface area contributed by atoms with Crippen molar-refractivity contribution in [3.63, 3.8) is 0 Å². The Kier molecular flexibility index (Phi) is 3.51. The SMILES string of the molecule is Cc1cc(S[C@@H](C)C(=O)[O-])n2c(nc3ccccc32)c1C#N. The summed E-state index contributed by atoms with van der Waals surface area (Å²) in [5.41, 5.74) is 3.45. The van der Waals surface area contributed by atoms with Gasteiger partial charge in [-0.05, 0) is 37.6 Å². The first-order valence-electron chi connectivity index (χ1n) is 6.71. The van der Waals surface area contributed by atoms with E-state index in [1.165, 1.54) is 11.8 Å². The van der Waals surface area contributed by atoms with E-state index in [2.05, 4.69) is 11.1 Å². The van der Waals surface area contributed by atoms with Gasteiger partial charge in [0.15, 0.2) is 5.65 Å². The molecule has 0 saturated carbocycles. The highest BCUT2D eigenvalue weighted by Gasteiger charge is 2.17. The predicted octanol–water partition coefficient (Wildman–Crippen LogP) is 1.90. The van der Waals surface area contributed by atoms with Crippen molar-refractivity contribution in [2.45, 2.75) is 24.1 Å². The molecule has 0 N–H and O–H groups in total. The van der Waals surface area contributed by atoms with E-state index in [1.807, 2.05) is 41.7 Å². The van der Waals surface area contributed by atoms with Crippen molar-refractivity contribution in [2.75, 3.05) is 0 Å². The molecule has 0 spiro atoms. The molecule has 1 aromatic carbocycles. The lowest BCUT2D eigenvalue weighted by molar-refractivity contribution is -0.304. The van der Waals surface area contributed by atoms with Crippen molar-refractivity contribution >= 4 is 34.4 Å². The Bertz CT molecular complexity index is 940. The summed E-state index contributed by atoms with van der Waals surface area (Å²) >= 11 is 1.19. The first-order valence-corrected chi connectivity index (χ1v) is 7.59. The van der Waals surface area contributed by atoms with Crippen molar-refractivity contribution in [2.24, 2.45) is 0 Å². The lowest BCUT2D eigenvalue weighted by Gasteiger charge is -2.15. The summed E-state index contributed by atoms with van der Waals surface area (Å²) < 4.78 is 1.84. The Balaban J connectivity index is 2.37. The second kappa shape index (κ2) is 5.35. The van der Waals surface area contributed by atoms with Crippen LogP contribution in [0, 0.1) is 18.3 Å². The monoisotopic (exact) mass is 310 g/mol. The van der Waals surface area contributed by atoms with Gasteiger partial charge in [0.25, 0.3) is 0 Å². The number of carbonyl (C=O) groups excluding carboxylic acids is 1. The number of carboxylic acids is 1. The zero-order valence-corrected chi connectivity index (χ0v) is 12.8. The van der Waals surface area contributed by atoms with Crippen LogP contribution >= 0.6 is 11.8 Å². The van der Waals surface area contributed by atoms with Gasteiger partial charge in [-0.3, -0.25) is 4.40 Å². The molecule has 1 atom stereocenters. The van der Waals surface area contributed by atoms with Crippen LogP contribution in [0.2, 0.25) is 0 Å². The van der Waals surface area contributed by atoms with Gasteiger partial charge in [0.1, 0.15) is 6.07 Å². The van der Waals surface area contributed by atoms with Crippen LogP contribution in [-0.2, 0) is 4.79 Å². The summed E-state index contributed by atoms with van der Waals surface area (Å²) in [4.78, 5) is 15.6. The zero-order valence-electron chi connectivity index (χ0n) is 12.0. The predicted molar refractivity (Wildman–Crippen MR) is 82.5 cm³/mol. The van der Waals surface area contributed by atoms with Crippen LogP contribution in [0.15, 0.2) is 35.4 Å². The number of fused-ring (bicyclic) bond motifs is 3. The molecule has 110 valence electrons. The number of nitriles is 1. The molecule has 0 unspecified atom stereocenters. The molecule has 2 aromatic heterocycles. The van der Waals surface area contributed by atoms with Gasteiger partial charge in [-0.2, -0.15) is 5.26 Å². The smallest absolute Gasteiger partial charge is 0.157 e. The molecular formula is C16H12N3O2S-. The Morgan fingerprint density at radius 2 is 2.18 bits per heavy atom. The molecule has 0 bridgehead atoms. The zero-order chi connectivity index (χ0) is 15.9. The number of carboxylic acid groups (broad SMARTS) is 1. The van der Waals surface area contributed by atoms with Crippen molar-refractivity contribution in [3.05, 3.63) is 41.5 Å². The molecule has 22 heavy (non-hydrogen) atoms. The van der Waals surface area contributed by atoms with Crippen LogP contribution in [0.5, 0.6) is 0 Å². The fourth-order valence-electron chi connectivity index (χ4n) is 2.37.